The van der Waals surface area contributed by atoms with Gasteiger partial charge in [0.2, 0.25) is 0 Å². The van der Waals surface area contributed by atoms with E-state index in [0.29, 0.717) is 10.8 Å². The van der Waals surface area contributed by atoms with Crippen LogP contribution in [0.3, 0.4) is 0 Å². The van der Waals surface area contributed by atoms with Crippen LogP contribution in [-0.4, -0.2) is 13.7 Å². The molecule has 0 saturated carbocycles. The summed E-state index contributed by atoms with van der Waals surface area (Å²) in [4.78, 5) is 1.09. The summed E-state index contributed by atoms with van der Waals surface area (Å²) in [5, 5.41) is 0. The molecule has 2 nitrogen and oxygen atoms in total. The molecule has 0 amide bonds. The third-order valence-corrected chi connectivity index (χ3v) is 4.23. The fourth-order valence-corrected chi connectivity index (χ4v) is 2.41. The molecule has 0 aromatic heterocycles. The van der Waals surface area contributed by atoms with Gasteiger partial charge in [0.15, 0.2) is 0 Å². The molecule has 0 N–H and O–H groups in total. The molecule has 21 heavy (non-hydrogen) atoms. The molecule has 0 fully saturated rings. The van der Waals surface area contributed by atoms with E-state index in [1.165, 1.54) is 24.9 Å². The molecule has 0 bridgehead atoms. The van der Waals surface area contributed by atoms with Gasteiger partial charge in [-0.05, 0) is 54.4 Å². The highest BCUT2D eigenvalue weighted by Gasteiger charge is 2.21. The molecule has 0 aliphatic carbocycles. The maximum absolute atomic E-state index is 5.86. The van der Waals surface area contributed by atoms with Crippen LogP contribution in [-0.2, 0) is 4.18 Å². The maximum atomic E-state index is 5.86. The minimum Gasteiger partial charge on any atom is -0.494 e. The van der Waals surface area contributed by atoms with Crippen LogP contribution in [0.1, 0.15) is 53.9 Å². The van der Waals surface area contributed by atoms with Gasteiger partial charge in [-0.2, -0.15) is 0 Å². The number of benzene rings is 1. The van der Waals surface area contributed by atoms with E-state index in [1.54, 1.807) is 7.11 Å². The molecule has 0 aliphatic heterocycles. The van der Waals surface area contributed by atoms with Gasteiger partial charge in [-0.15, -0.1) is 0 Å². The Morgan fingerprint density at radius 1 is 0.905 bits per heavy atom. The molecule has 0 radical (unpaired) electrons. The number of ether oxygens (including phenoxy) is 1. The van der Waals surface area contributed by atoms with Crippen LogP contribution in [0.2, 0.25) is 0 Å². The van der Waals surface area contributed by atoms with Gasteiger partial charge in [-0.1, -0.05) is 34.6 Å². The molecule has 120 valence electrons. The van der Waals surface area contributed by atoms with Crippen molar-refractivity contribution in [1.82, 2.24) is 0 Å². The van der Waals surface area contributed by atoms with E-state index >= 15 is 0 Å². The second-order valence-electron chi connectivity index (χ2n) is 7.54. The molecule has 0 atom stereocenters. The highest BCUT2D eigenvalue weighted by molar-refractivity contribution is 7.94. The monoisotopic (exact) mass is 310 g/mol. The van der Waals surface area contributed by atoms with Gasteiger partial charge in [-0.3, -0.25) is 0 Å². The molecule has 1 rings (SSSR count). The second-order valence-corrected chi connectivity index (χ2v) is 8.52. The van der Waals surface area contributed by atoms with Crippen molar-refractivity contribution in [3.63, 3.8) is 0 Å². The summed E-state index contributed by atoms with van der Waals surface area (Å²) in [7, 11) is 1.68. The van der Waals surface area contributed by atoms with Gasteiger partial charge in [0.1, 0.15) is 5.75 Å². The normalized spacial score (nSPS) is 12.5. The van der Waals surface area contributed by atoms with Crippen LogP contribution >= 0.6 is 12.0 Å². The Morgan fingerprint density at radius 3 is 2.05 bits per heavy atom. The summed E-state index contributed by atoms with van der Waals surface area (Å²) in [6.45, 7) is 12.4. The van der Waals surface area contributed by atoms with Crippen LogP contribution in [0.25, 0.3) is 0 Å². The molecular weight excluding hydrogens is 280 g/mol. The summed E-state index contributed by atoms with van der Waals surface area (Å²) in [6, 6.07) is 8.05. The molecular formula is C18H30O2S. The lowest BCUT2D eigenvalue weighted by atomic mass is 9.78. The van der Waals surface area contributed by atoms with Crippen LogP contribution in [0.5, 0.6) is 5.75 Å². The molecule has 0 heterocycles. The topological polar surface area (TPSA) is 18.5 Å². The molecule has 1 aromatic carbocycles. The first-order valence-electron chi connectivity index (χ1n) is 7.65. The second kappa shape index (κ2) is 8.09. The fraction of sp³-hybridized carbons (Fsp3) is 0.667. The minimum absolute atomic E-state index is 0.332. The van der Waals surface area contributed by atoms with Gasteiger partial charge < -0.3 is 8.92 Å². The number of hydrogen-bond acceptors (Lipinski definition) is 3. The minimum atomic E-state index is 0.332. The van der Waals surface area contributed by atoms with Crippen LogP contribution in [0.4, 0.5) is 0 Å². The van der Waals surface area contributed by atoms with Gasteiger partial charge in [0.25, 0.3) is 0 Å². The standard InChI is InChI=1S/C18H30O2S/c1-17(2,3)11-12-18(4,5)13-14-20-15-7-9-16(10-8-15)21-19-6/h7-10H,11-14H2,1-6H3. The molecule has 0 saturated heterocycles. The van der Waals surface area contributed by atoms with Crippen LogP contribution < -0.4 is 4.74 Å². The lowest BCUT2D eigenvalue weighted by Gasteiger charge is -2.29. The molecule has 0 spiro atoms. The maximum Gasteiger partial charge on any atom is 0.119 e. The Balaban J connectivity index is 2.34. The first kappa shape index (κ1) is 18.4. The Hall–Kier alpha value is -0.670. The van der Waals surface area contributed by atoms with E-state index in [0.717, 1.165) is 23.7 Å². The van der Waals surface area contributed by atoms with Crippen molar-refractivity contribution in [3.8, 4) is 5.75 Å². The van der Waals surface area contributed by atoms with Crippen LogP contribution in [0.15, 0.2) is 29.2 Å². The number of hydrogen-bond donors (Lipinski definition) is 0. The lowest BCUT2D eigenvalue weighted by molar-refractivity contribution is 0.192. The molecule has 0 unspecified atom stereocenters. The van der Waals surface area contributed by atoms with Crippen LogP contribution in [0, 0.1) is 10.8 Å². The quantitative estimate of drug-likeness (QED) is 0.552. The SMILES string of the molecule is COSc1ccc(OCCC(C)(C)CCC(C)(C)C)cc1. The van der Waals surface area contributed by atoms with Gasteiger partial charge >= 0.3 is 0 Å². The van der Waals surface area contributed by atoms with Crippen molar-refractivity contribution in [1.29, 1.82) is 0 Å². The smallest absolute Gasteiger partial charge is 0.119 e. The van der Waals surface area contributed by atoms with Gasteiger partial charge in [0, 0.05) is 16.9 Å². The highest BCUT2D eigenvalue weighted by Crippen LogP contribution is 2.33. The molecule has 0 aliphatic rings. The summed E-state index contributed by atoms with van der Waals surface area (Å²) in [6.07, 6.45) is 3.57. The summed E-state index contributed by atoms with van der Waals surface area (Å²) < 4.78 is 10.9. The average Bonchev–Trinajstić information content (AvgIpc) is 2.38. The first-order chi connectivity index (χ1) is 9.72. The van der Waals surface area contributed by atoms with Gasteiger partial charge in [0.05, 0.1) is 13.7 Å². The predicted molar refractivity (Wildman–Crippen MR) is 91.9 cm³/mol. The van der Waals surface area contributed by atoms with Crippen molar-refractivity contribution in [2.45, 2.75) is 58.8 Å². The van der Waals surface area contributed by atoms with E-state index in [1.807, 2.05) is 24.3 Å². The van der Waals surface area contributed by atoms with Crippen molar-refractivity contribution >= 4 is 12.0 Å². The van der Waals surface area contributed by atoms with E-state index in [-0.39, 0.29) is 0 Å². The Labute approximate surface area is 134 Å². The zero-order chi connectivity index (χ0) is 15.9. The Kier molecular flexibility index (Phi) is 7.08. The molecule has 3 heteroatoms. The predicted octanol–water partition coefficient (Wildman–Crippen LogP) is 5.96. The van der Waals surface area contributed by atoms with E-state index in [4.69, 9.17) is 8.92 Å². The third-order valence-electron chi connectivity index (χ3n) is 3.60. The lowest BCUT2D eigenvalue weighted by Crippen LogP contribution is -2.19. The Morgan fingerprint density at radius 2 is 1.52 bits per heavy atom. The van der Waals surface area contributed by atoms with Gasteiger partial charge in [-0.25, -0.2) is 0 Å². The third kappa shape index (κ3) is 8.37. The zero-order valence-electron chi connectivity index (χ0n) is 14.4. The van der Waals surface area contributed by atoms with Crippen molar-refractivity contribution in [2.24, 2.45) is 10.8 Å². The van der Waals surface area contributed by atoms with Crippen molar-refractivity contribution in [3.05, 3.63) is 24.3 Å². The zero-order valence-corrected chi connectivity index (χ0v) is 15.2. The summed E-state index contributed by atoms with van der Waals surface area (Å²) in [5.74, 6) is 0.932. The van der Waals surface area contributed by atoms with E-state index in [9.17, 15) is 0 Å². The van der Waals surface area contributed by atoms with E-state index < -0.39 is 0 Å². The molecule has 1 aromatic rings. The van der Waals surface area contributed by atoms with Crippen molar-refractivity contribution < 1.29 is 8.92 Å². The largest absolute Gasteiger partial charge is 0.494 e. The average molecular weight is 311 g/mol. The summed E-state index contributed by atoms with van der Waals surface area (Å²) in [5.41, 5.74) is 0.742. The first-order valence-corrected chi connectivity index (χ1v) is 8.40. The van der Waals surface area contributed by atoms with E-state index in [2.05, 4.69) is 34.6 Å². The summed E-state index contributed by atoms with van der Waals surface area (Å²) >= 11 is 1.37. The fourth-order valence-electron chi connectivity index (χ4n) is 1.97. The Bertz CT molecular complexity index is 404. The number of rotatable bonds is 8. The highest BCUT2D eigenvalue weighted by atomic mass is 32.2. The van der Waals surface area contributed by atoms with Crippen molar-refractivity contribution in [2.75, 3.05) is 13.7 Å².